The number of rotatable bonds is 7. The summed E-state index contributed by atoms with van der Waals surface area (Å²) in [5, 5.41) is 3.00. The molecule has 148 valence electrons. The van der Waals surface area contributed by atoms with Gasteiger partial charge in [0.2, 0.25) is 0 Å². The topological polar surface area (TPSA) is 55.4 Å². The summed E-state index contributed by atoms with van der Waals surface area (Å²) in [6, 6.07) is 6.14. The zero-order chi connectivity index (χ0) is 19.6. The van der Waals surface area contributed by atoms with Crippen LogP contribution in [-0.4, -0.2) is 18.5 Å². The Balaban J connectivity index is 1.55. The summed E-state index contributed by atoms with van der Waals surface area (Å²) >= 11 is 0. The lowest BCUT2D eigenvalue weighted by Gasteiger charge is -2.21. The van der Waals surface area contributed by atoms with Gasteiger partial charge in [0.1, 0.15) is 0 Å². The molecule has 0 aliphatic heterocycles. The summed E-state index contributed by atoms with van der Waals surface area (Å²) in [5.74, 6) is 2.10. The van der Waals surface area contributed by atoms with Crippen molar-refractivity contribution in [3.05, 3.63) is 29.3 Å². The number of nitrogens with one attached hydrogen (secondary N) is 1. The summed E-state index contributed by atoms with van der Waals surface area (Å²) in [4.78, 5) is 24.6. The minimum atomic E-state index is -0.258. The molecule has 3 atom stereocenters. The fraction of sp³-hybridized carbons (Fsp3) is 0.652. The number of hydrogen-bond donors (Lipinski definition) is 1. The molecule has 2 fully saturated rings. The molecule has 3 rings (SSSR count). The smallest absolute Gasteiger partial charge is 0.306 e. The fourth-order valence-electron chi connectivity index (χ4n) is 4.92. The normalized spacial score (nSPS) is 23.9. The molecule has 0 spiro atoms. The quantitative estimate of drug-likeness (QED) is 0.667. The van der Waals surface area contributed by atoms with Crippen LogP contribution in [0, 0.1) is 17.8 Å². The molecular weight excluding hydrogens is 338 g/mol. The molecule has 2 bridgehead atoms. The molecular formula is C23H33NO3. The van der Waals surface area contributed by atoms with Crippen LogP contribution in [0.4, 0.5) is 5.69 Å². The van der Waals surface area contributed by atoms with Crippen molar-refractivity contribution in [2.75, 3.05) is 11.9 Å². The predicted octanol–water partition coefficient (Wildman–Crippen LogP) is 5.24. The first-order chi connectivity index (χ1) is 12.8. The molecule has 0 aromatic heterocycles. The van der Waals surface area contributed by atoms with Gasteiger partial charge in [0.25, 0.3) is 5.91 Å². The van der Waals surface area contributed by atoms with E-state index in [1.807, 2.05) is 18.2 Å². The second kappa shape index (κ2) is 8.45. The first-order valence-corrected chi connectivity index (χ1v) is 10.4. The number of para-hydroxylation sites is 1. The molecule has 27 heavy (non-hydrogen) atoms. The third kappa shape index (κ3) is 4.72. The van der Waals surface area contributed by atoms with Gasteiger partial charge in [-0.2, -0.15) is 0 Å². The molecule has 4 heteroatoms. The van der Waals surface area contributed by atoms with Crippen LogP contribution < -0.4 is 5.32 Å². The second-order valence-electron chi connectivity index (χ2n) is 8.97. The van der Waals surface area contributed by atoms with Gasteiger partial charge >= 0.3 is 5.97 Å². The highest BCUT2D eigenvalue weighted by Gasteiger charge is 2.40. The van der Waals surface area contributed by atoms with E-state index in [1.54, 1.807) is 0 Å². The summed E-state index contributed by atoms with van der Waals surface area (Å²) in [5.41, 5.74) is 3.10. The standard InChI is InChI=1S/C23H33NO3/c1-14(2)19-6-5-7-20(15(3)4)23(19)24-21(25)13-27-22(26)12-18-11-16-8-9-17(18)10-16/h5-7,14-18H,8-13H2,1-4H3,(H,24,25)/t16-,17-,18-/m1/s1. The molecule has 0 radical (unpaired) electrons. The van der Waals surface area contributed by atoms with Gasteiger partial charge in [0, 0.05) is 12.1 Å². The lowest BCUT2D eigenvalue weighted by Crippen LogP contribution is -2.24. The number of esters is 1. The van der Waals surface area contributed by atoms with Gasteiger partial charge in [-0.25, -0.2) is 0 Å². The first kappa shape index (κ1) is 19.9. The van der Waals surface area contributed by atoms with E-state index in [2.05, 4.69) is 33.0 Å². The van der Waals surface area contributed by atoms with Gasteiger partial charge in [0.05, 0.1) is 0 Å². The maximum Gasteiger partial charge on any atom is 0.306 e. The Morgan fingerprint density at radius 3 is 2.26 bits per heavy atom. The average molecular weight is 372 g/mol. The fourth-order valence-corrected chi connectivity index (χ4v) is 4.92. The second-order valence-corrected chi connectivity index (χ2v) is 8.97. The summed E-state index contributed by atoms with van der Waals surface area (Å²) in [7, 11) is 0. The highest BCUT2D eigenvalue weighted by molar-refractivity contribution is 5.94. The zero-order valence-corrected chi connectivity index (χ0v) is 17.1. The van der Waals surface area contributed by atoms with E-state index in [9.17, 15) is 9.59 Å². The van der Waals surface area contributed by atoms with Crippen molar-refractivity contribution in [1.82, 2.24) is 0 Å². The molecule has 0 unspecified atom stereocenters. The average Bonchev–Trinajstić information content (AvgIpc) is 3.22. The largest absolute Gasteiger partial charge is 0.456 e. The highest BCUT2D eigenvalue weighted by atomic mass is 16.5. The van der Waals surface area contributed by atoms with E-state index < -0.39 is 0 Å². The molecule has 2 aliphatic rings. The van der Waals surface area contributed by atoms with Crippen LogP contribution in [0.15, 0.2) is 18.2 Å². The number of hydrogen-bond acceptors (Lipinski definition) is 3. The van der Waals surface area contributed by atoms with Crippen LogP contribution in [-0.2, 0) is 14.3 Å². The number of anilines is 1. The van der Waals surface area contributed by atoms with Crippen molar-refractivity contribution in [1.29, 1.82) is 0 Å². The van der Waals surface area contributed by atoms with E-state index in [0.717, 1.165) is 29.2 Å². The van der Waals surface area contributed by atoms with Crippen molar-refractivity contribution in [2.24, 2.45) is 17.8 Å². The van der Waals surface area contributed by atoms with E-state index in [1.165, 1.54) is 19.3 Å². The Morgan fingerprint density at radius 1 is 1.07 bits per heavy atom. The van der Waals surface area contributed by atoms with Gasteiger partial charge in [-0.05, 0) is 60.0 Å². The summed E-state index contributed by atoms with van der Waals surface area (Å²) < 4.78 is 5.30. The Labute approximate surface area is 163 Å². The minimum Gasteiger partial charge on any atom is -0.456 e. The van der Waals surface area contributed by atoms with Crippen molar-refractivity contribution >= 4 is 17.6 Å². The molecule has 2 aliphatic carbocycles. The van der Waals surface area contributed by atoms with Gasteiger partial charge in [-0.15, -0.1) is 0 Å². The van der Waals surface area contributed by atoms with E-state index in [0.29, 0.717) is 30.1 Å². The number of carbonyl (C=O) groups is 2. The maximum atomic E-state index is 12.4. The van der Waals surface area contributed by atoms with E-state index in [-0.39, 0.29) is 18.5 Å². The maximum absolute atomic E-state index is 12.4. The first-order valence-electron chi connectivity index (χ1n) is 10.4. The van der Waals surface area contributed by atoms with E-state index >= 15 is 0 Å². The third-order valence-corrected chi connectivity index (χ3v) is 6.31. The number of carbonyl (C=O) groups excluding carboxylic acids is 2. The SMILES string of the molecule is CC(C)c1cccc(C(C)C)c1NC(=O)COC(=O)C[C@H]1C[C@@H]2CC[C@@H]1C2. The van der Waals surface area contributed by atoms with Gasteiger partial charge in [-0.1, -0.05) is 52.3 Å². The van der Waals surface area contributed by atoms with Crippen molar-refractivity contribution in [3.63, 3.8) is 0 Å². The van der Waals surface area contributed by atoms with Gasteiger partial charge < -0.3 is 10.1 Å². The lowest BCUT2D eigenvalue weighted by molar-refractivity contribution is -0.148. The minimum absolute atomic E-state index is 0.205. The number of ether oxygens (including phenoxy) is 1. The van der Waals surface area contributed by atoms with Crippen molar-refractivity contribution in [3.8, 4) is 0 Å². The van der Waals surface area contributed by atoms with Crippen molar-refractivity contribution in [2.45, 2.75) is 71.6 Å². The van der Waals surface area contributed by atoms with Crippen molar-refractivity contribution < 1.29 is 14.3 Å². The highest BCUT2D eigenvalue weighted by Crippen LogP contribution is 2.49. The van der Waals surface area contributed by atoms with E-state index in [4.69, 9.17) is 4.74 Å². The Morgan fingerprint density at radius 2 is 1.74 bits per heavy atom. The Bertz CT molecular complexity index is 669. The number of benzene rings is 1. The van der Waals surface area contributed by atoms with Crippen LogP contribution in [0.25, 0.3) is 0 Å². The summed E-state index contributed by atoms with van der Waals surface area (Å²) in [6.07, 6.45) is 5.49. The van der Waals surface area contributed by atoms with Gasteiger partial charge in [0.15, 0.2) is 6.61 Å². The molecule has 1 aromatic rings. The Hall–Kier alpha value is -1.84. The summed E-state index contributed by atoms with van der Waals surface area (Å²) in [6.45, 7) is 8.26. The number of fused-ring (bicyclic) bond motifs is 2. The molecule has 1 N–H and O–H groups in total. The molecule has 2 saturated carbocycles. The molecule has 4 nitrogen and oxygen atoms in total. The molecule has 1 aromatic carbocycles. The van der Waals surface area contributed by atoms with Crippen LogP contribution in [0.1, 0.15) is 82.8 Å². The van der Waals surface area contributed by atoms with Crippen LogP contribution in [0.3, 0.4) is 0 Å². The van der Waals surface area contributed by atoms with Gasteiger partial charge in [-0.3, -0.25) is 9.59 Å². The molecule has 0 saturated heterocycles. The number of amides is 1. The Kier molecular flexibility index (Phi) is 6.23. The van der Waals surface area contributed by atoms with Crippen LogP contribution in [0.5, 0.6) is 0 Å². The molecule has 1 amide bonds. The van der Waals surface area contributed by atoms with Crippen LogP contribution in [0.2, 0.25) is 0 Å². The third-order valence-electron chi connectivity index (χ3n) is 6.31. The zero-order valence-electron chi connectivity index (χ0n) is 17.1. The molecule has 0 heterocycles. The predicted molar refractivity (Wildman–Crippen MR) is 108 cm³/mol. The monoisotopic (exact) mass is 371 g/mol. The van der Waals surface area contributed by atoms with Crippen LogP contribution >= 0.6 is 0 Å². The lowest BCUT2D eigenvalue weighted by atomic mass is 9.86.